The van der Waals surface area contributed by atoms with E-state index in [0.717, 1.165) is 29.0 Å². The van der Waals surface area contributed by atoms with Gasteiger partial charge in [0.15, 0.2) is 0 Å². The van der Waals surface area contributed by atoms with Crippen molar-refractivity contribution in [1.29, 1.82) is 0 Å². The number of hydrogen-bond acceptors (Lipinski definition) is 4. The quantitative estimate of drug-likeness (QED) is 0.152. The molecule has 0 atom stereocenters. The maximum atomic E-state index is 13.6. The third-order valence-corrected chi connectivity index (χ3v) is 8.04. The standard InChI is InChI=1S/C33H34ClF3N2O3S/c1-24-17-18-28(38-43(2,40)41)21-31(24)42-20-10-19-39(22-27-15-9-16-30(32(27)34)33(35,36)37)23-29(25-11-5-3-6-12-25)26-13-7-4-8-14-26/h3-9,11-18,21,29,38H,10,19-20,22-23H2,1-2H3. The summed E-state index contributed by atoms with van der Waals surface area (Å²) >= 11 is 6.31. The molecule has 0 radical (unpaired) electrons. The zero-order valence-corrected chi connectivity index (χ0v) is 25.5. The Hall–Kier alpha value is -3.53. The van der Waals surface area contributed by atoms with Crippen LogP contribution in [0.15, 0.2) is 97.1 Å². The molecule has 4 rings (SSSR count). The van der Waals surface area contributed by atoms with Gasteiger partial charge in [0.05, 0.1) is 29.1 Å². The van der Waals surface area contributed by atoms with Gasteiger partial charge >= 0.3 is 6.18 Å². The number of benzene rings is 4. The summed E-state index contributed by atoms with van der Waals surface area (Å²) in [6, 6.07) is 29.1. The van der Waals surface area contributed by atoms with Crippen molar-refractivity contribution in [2.24, 2.45) is 0 Å². The van der Waals surface area contributed by atoms with E-state index in [1.165, 1.54) is 6.07 Å². The molecule has 43 heavy (non-hydrogen) atoms. The van der Waals surface area contributed by atoms with Crippen LogP contribution in [-0.4, -0.2) is 39.3 Å². The van der Waals surface area contributed by atoms with E-state index in [0.29, 0.717) is 43.1 Å². The molecule has 4 aromatic carbocycles. The minimum Gasteiger partial charge on any atom is -0.493 e. The van der Waals surface area contributed by atoms with Crippen molar-refractivity contribution in [1.82, 2.24) is 4.90 Å². The largest absolute Gasteiger partial charge is 0.493 e. The number of hydrogen-bond donors (Lipinski definition) is 1. The van der Waals surface area contributed by atoms with E-state index in [2.05, 4.69) is 33.9 Å². The van der Waals surface area contributed by atoms with Gasteiger partial charge in [-0.3, -0.25) is 9.62 Å². The number of halogens is 4. The summed E-state index contributed by atoms with van der Waals surface area (Å²) in [4.78, 5) is 2.10. The number of sulfonamides is 1. The molecule has 228 valence electrons. The molecule has 0 unspecified atom stereocenters. The number of nitrogens with zero attached hydrogens (tertiary/aromatic N) is 1. The first-order chi connectivity index (χ1) is 20.4. The first-order valence-corrected chi connectivity index (χ1v) is 16.1. The second-order valence-corrected chi connectivity index (χ2v) is 12.6. The first-order valence-electron chi connectivity index (χ1n) is 13.8. The lowest BCUT2D eigenvalue weighted by Crippen LogP contribution is -2.31. The maximum absolute atomic E-state index is 13.6. The minimum atomic E-state index is -4.55. The fourth-order valence-electron chi connectivity index (χ4n) is 4.93. The highest BCUT2D eigenvalue weighted by atomic mass is 35.5. The smallest absolute Gasteiger partial charge is 0.417 e. The number of nitrogens with one attached hydrogen (secondary N) is 1. The van der Waals surface area contributed by atoms with Crippen LogP contribution in [0.25, 0.3) is 0 Å². The predicted octanol–water partition coefficient (Wildman–Crippen LogP) is 8.14. The third kappa shape index (κ3) is 9.48. The molecule has 0 aliphatic rings. The van der Waals surface area contributed by atoms with Gasteiger partial charge in [-0.25, -0.2) is 8.42 Å². The molecular formula is C33H34ClF3N2O3S. The molecule has 5 nitrogen and oxygen atoms in total. The fraction of sp³-hybridized carbons (Fsp3) is 0.273. The Morgan fingerprint density at radius 1 is 0.907 bits per heavy atom. The van der Waals surface area contributed by atoms with Crippen molar-refractivity contribution in [2.75, 3.05) is 30.7 Å². The molecule has 0 spiro atoms. The Bertz CT molecular complexity index is 1560. The topological polar surface area (TPSA) is 58.6 Å². The number of aryl methyl sites for hydroxylation is 1. The van der Waals surface area contributed by atoms with Gasteiger partial charge in [0.1, 0.15) is 5.75 Å². The Labute approximate surface area is 256 Å². The lowest BCUT2D eigenvalue weighted by Gasteiger charge is -2.29. The summed E-state index contributed by atoms with van der Waals surface area (Å²) in [5.74, 6) is 0.515. The van der Waals surface area contributed by atoms with Crippen LogP contribution in [0.1, 0.15) is 40.2 Å². The lowest BCUT2D eigenvalue weighted by molar-refractivity contribution is -0.137. The molecule has 0 saturated heterocycles. The average Bonchev–Trinajstić information content (AvgIpc) is 2.96. The first kappa shape index (κ1) is 32.4. The molecule has 0 amide bonds. The average molecular weight is 631 g/mol. The SMILES string of the molecule is Cc1ccc(NS(C)(=O)=O)cc1OCCCN(Cc1cccc(C(F)(F)F)c1Cl)CC(c1ccccc1)c1ccccc1. The predicted molar refractivity (Wildman–Crippen MR) is 166 cm³/mol. The van der Waals surface area contributed by atoms with Crippen LogP contribution in [0.3, 0.4) is 0 Å². The second-order valence-electron chi connectivity index (χ2n) is 10.4. The van der Waals surface area contributed by atoms with E-state index in [-0.39, 0.29) is 17.5 Å². The van der Waals surface area contributed by atoms with Crippen molar-refractivity contribution in [3.05, 3.63) is 130 Å². The fourth-order valence-corrected chi connectivity index (χ4v) is 5.78. The Morgan fingerprint density at radius 2 is 1.53 bits per heavy atom. The summed E-state index contributed by atoms with van der Waals surface area (Å²) in [6.45, 7) is 3.45. The Morgan fingerprint density at radius 3 is 2.12 bits per heavy atom. The third-order valence-electron chi connectivity index (χ3n) is 6.99. The highest BCUT2D eigenvalue weighted by Gasteiger charge is 2.34. The summed E-state index contributed by atoms with van der Waals surface area (Å²) in [5, 5.41) is -0.293. The van der Waals surface area contributed by atoms with Crippen LogP contribution < -0.4 is 9.46 Å². The van der Waals surface area contributed by atoms with E-state index < -0.39 is 21.8 Å². The van der Waals surface area contributed by atoms with E-state index in [1.807, 2.05) is 43.3 Å². The molecule has 0 fully saturated rings. The van der Waals surface area contributed by atoms with Crippen molar-refractivity contribution in [3.63, 3.8) is 0 Å². The van der Waals surface area contributed by atoms with Gasteiger partial charge in [0, 0.05) is 31.6 Å². The highest BCUT2D eigenvalue weighted by molar-refractivity contribution is 7.92. The Kier molecular flexibility index (Phi) is 10.8. The molecule has 0 aromatic heterocycles. The molecule has 0 bridgehead atoms. The van der Waals surface area contributed by atoms with E-state index in [4.69, 9.17) is 16.3 Å². The summed E-state index contributed by atoms with van der Waals surface area (Å²) in [6.07, 6.45) is -2.91. The van der Waals surface area contributed by atoms with E-state index in [1.54, 1.807) is 24.3 Å². The van der Waals surface area contributed by atoms with Crippen molar-refractivity contribution >= 4 is 27.3 Å². The zero-order chi connectivity index (χ0) is 31.0. The van der Waals surface area contributed by atoms with Crippen molar-refractivity contribution < 1.29 is 26.3 Å². The van der Waals surface area contributed by atoms with Gasteiger partial charge in [0.25, 0.3) is 0 Å². The molecule has 0 aliphatic carbocycles. The summed E-state index contributed by atoms with van der Waals surface area (Å²) < 4.78 is 72.6. The lowest BCUT2D eigenvalue weighted by atomic mass is 9.90. The monoisotopic (exact) mass is 630 g/mol. The highest BCUT2D eigenvalue weighted by Crippen LogP contribution is 2.37. The van der Waals surface area contributed by atoms with Crippen molar-refractivity contribution in [3.8, 4) is 5.75 Å². The van der Waals surface area contributed by atoms with Gasteiger partial charge in [-0.05, 0) is 47.7 Å². The Balaban J connectivity index is 1.56. The molecule has 0 heterocycles. The van der Waals surface area contributed by atoms with Gasteiger partial charge in [-0.15, -0.1) is 0 Å². The molecule has 1 N–H and O–H groups in total. The summed E-state index contributed by atoms with van der Waals surface area (Å²) in [5.41, 5.74) is 2.98. The van der Waals surface area contributed by atoms with Gasteiger partial charge < -0.3 is 4.74 Å². The van der Waals surface area contributed by atoms with Crippen LogP contribution in [0.5, 0.6) is 5.75 Å². The molecule has 0 saturated carbocycles. The maximum Gasteiger partial charge on any atom is 0.417 e. The second kappa shape index (κ2) is 14.3. The van der Waals surface area contributed by atoms with Crippen molar-refractivity contribution in [2.45, 2.75) is 32.0 Å². The number of ether oxygens (including phenoxy) is 1. The van der Waals surface area contributed by atoms with Crippen LogP contribution in [0.4, 0.5) is 18.9 Å². The summed E-state index contributed by atoms with van der Waals surface area (Å²) in [7, 11) is -3.44. The molecule has 10 heteroatoms. The molecule has 4 aromatic rings. The van der Waals surface area contributed by atoms with Gasteiger partial charge in [-0.1, -0.05) is 90.5 Å². The molecular weight excluding hydrogens is 597 g/mol. The number of rotatable bonds is 13. The number of alkyl halides is 3. The zero-order valence-electron chi connectivity index (χ0n) is 23.9. The van der Waals surface area contributed by atoms with E-state index in [9.17, 15) is 21.6 Å². The normalized spacial score (nSPS) is 12.1. The van der Waals surface area contributed by atoms with Crippen LogP contribution >= 0.6 is 11.6 Å². The van der Waals surface area contributed by atoms with Crippen LogP contribution in [0.2, 0.25) is 5.02 Å². The minimum absolute atomic E-state index is 0.0334. The van der Waals surface area contributed by atoms with E-state index >= 15 is 0 Å². The number of anilines is 1. The molecule has 0 aliphatic heterocycles. The van der Waals surface area contributed by atoms with Gasteiger partial charge in [0.2, 0.25) is 10.0 Å². The van der Waals surface area contributed by atoms with Crippen LogP contribution in [-0.2, 0) is 22.7 Å². The van der Waals surface area contributed by atoms with Gasteiger partial charge in [-0.2, -0.15) is 13.2 Å². The van der Waals surface area contributed by atoms with Crippen LogP contribution in [0, 0.1) is 6.92 Å².